The molecule has 1 aromatic carbocycles. The lowest BCUT2D eigenvalue weighted by molar-refractivity contribution is -0.148. The summed E-state index contributed by atoms with van der Waals surface area (Å²) in [6.07, 6.45) is 4.43. The number of pyridine rings is 1. The van der Waals surface area contributed by atoms with E-state index >= 15 is 0 Å². The van der Waals surface area contributed by atoms with Crippen LogP contribution in [0.3, 0.4) is 0 Å². The van der Waals surface area contributed by atoms with Crippen LogP contribution in [-0.4, -0.2) is 43.6 Å². The van der Waals surface area contributed by atoms with Gasteiger partial charge in [-0.2, -0.15) is 0 Å². The van der Waals surface area contributed by atoms with Crippen LogP contribution >= 0.6 is 0 Å². The number of piperidine rings is 1. The maximum Gasteiger partial charge on any atom is 0.306 e. The van der Waals surface area contributed by atoms with Gasteiger partial charge in [0.1, 0.15) is 5.82 Å². The minimum Gasteiger partial charge on any atom is -0.456 e. The SMILES string of the molecule is CNC(=O)COC(=O)CCCC1CCN(c2ccc3cc(C)ccc3n2)CC1. The lowest BCUT2D eigenvalue weighted by Crippen LogP contribution is -2.34. The lowest BCUT2D eigenvalue weighted by Gasteiger charge is -2.33. The minimum atomic E-state index is -0.295. The first kappa shape index (κ1) is 20.1. The molecule has 1 aliphatic rings. The zero-order valence-electron chi connectivity index (χ0n) is 16.7. The van der Waals surface area contributed by atoms with E-state index in [4.69, 9.17) is 9.72 Å². The van der Waals surface area contributed by atoms with Gasteiger partial charge in [-0.05, 0) is 62.8 Å². The maximum absolute atomic E-state index is 11.7. The zero-order chi connectivity index (χ0) is 19.9. The fourth-order valence-electron chi connectivity index (χ4n) is 3.69. The third-order valence-corrected chi connectivity index (χ3v) is 5.40. The number of nitrogens with zero attached hydrogens (tertiary/aromatic N) is 2. The van der Waals surface area contributed by atoms with Gasteiger partial charge in [0.15, 0.2) is 6.61 Å². The van der Waals surface area contributed by atoms with Gasteiger partial charge in [-0.25, -0.2) is 4.98 Å². The summed E-state index contributed by atoms with van der Waals surface area (Å²) in [6.45, 7) is 3.90. The van der Waals surface area contributed by atoms with E-state index in [0.29, 0.717) is 12.3 Å². The van der Waals surface area contributed by atoms with Crippen molar-refractivity contribution in [1.29, 1.82) is 0 Å². The van der Waals surface area contributed by atoms with Gasteiger partial charge in [0.05, 0.1) is 5.52 Å². The highest BCUT2D eigenvalue weighted by Crippen LogP contribution is 2.27. The molecule has 3 rings (SSSR count). The number of aromatic nitrogens is 1. The van der Waals surface area contributed by atoms with Crippen LogP contribution in [0.1, 0.15) is 37.7 Å². The molecule has 1 fully saturated rings. The number of amides is 1. The van der Waals surface area contributed by atoms with Crippen LogP contribution in [-0.2, 0) is 14.3 Å². The Labute approximate surface area is 166 Å². The van der Waals surface area contributed by atoms with Gasteiger partial charge in [0, 0.05) is 31.9 Å². The van der Waals surface area contributed by atoms with Gasteiger partial charge >= 0.3 is 5.97 Å². The molecule has 0 aliphatic carbocycles. The highest BCUT2D eigenvalue weighted by Gasteiger charge is 2.20. The second-order valence-electron chi connectivity index (χ2n) is 7.52. The van der Waals surface area contributed by atoms with Gasteiger partial charge in [0.2, 0.25) is 0 Å². The van der Waals surface area contributed by atoms with Crippen molar-refractivity contribution in [3.63, 3.8) is 0 Å². The normalized spacial score (nSPS) is 14.9. The first-order valence-electron chi connectivity index (χ1n) is 10.0. The summed E-state index contributed by atoms with van der Waals surface area (Å²) >= 11 is 0. The molecule has 2 heterocycles. The summed E-state index contributed by atoms with van der Waals surface area (Å²) in [7, 11) is 1.52. The van der Waals surface area contributed by atoms with Crippen LogP contribution in [0.15, 0.2) is 30.3 Å². The molecule has 1 saturated heterocycles. The van der Waals surface area contributed by atoms with Gasteiger partial charge in [0.25, 0.3) is 5.91 Å². The Hall–Kier alpha value is -2.63. The molecule has 0 unspecified atom stereocenters. The van der Waals surface area contributed by atoms with Crippen LogP contribution < -0.4 is 10.2 Å². The molecule has 1 amide bonds. The number of anilines is 1. The van der Waals surface area contributed by atoms with E-state index in [-0.39, 0.29) is 18.5 Å². The number of fused-ring (bicyclic) bond motifs is 1. The number of esters is 1. The largest absolute Gasteiger partial charge is 0.456 e. The second-order valence-corrected chi connectivity index (χ2v) is 7.52. The van der Waals surface area contributed by atoms with Gasteiger partial charge < -0.3 is 15.0 Å². The average molecular weight is 383 g/mol. The molecule has 28 heavy (non-hydrogen) atoms. The van der Waals surface area contributed by atoms with Crippen LogP contribution in [0.25, 0.3) is 10.9 Å². The van der Waals surface area contributed by atoms with Crippen LogP contribution in [0.2, 0.25) is 0 Å². The van der Waals surface area contributed by atoms with Gasteiger partial charge in [-0.15, -0.1) is 0 Å². The van der Waals surface area contributed by atoms with Crippen molar-refractivity contribution in [2.45, 2.75) is 39.0 Å². The monoisotopic (exact) mass is 383 g/mol. The molecular weight excluding hydrogens is 354 g/mol. The predicted molar refractivity (Wildman–Crippen MR) is 110 cm³/mol. The van der Waals surface area contributed by atoms with E-state index in [1.165, 1.54) is 18.0 Å². The van der Waals surface area contributed by atoms with Crippen molar-refractivity contribution >= 4 is 28.6 Å². The quantitative estimate of drug-likeness (QED) is 0.744. The molecule has 0 atom stereocenters. The predicted octanol–water partition coefficient (Wildman–Crippen LogP) is 3.22. The molecule has 1 N–H and O–H groups in total. The number of hydrogen-bond acceptors (Lipinski definition) is 5. The number of aryl methyl sites for hydroxylation is 1. The molecule has 2 aromatic rings. The molecular formula is C22H29N3O3. The van der Waals surface area contributed by atoms with E-state index < -0.39 is 0 Å². The molecule has 1 aromatic heterocycles. The summed E-state index contributed by atoms with van der Waals surface area (Å²) in [4.78, 5) is 29.9. The summed E-state index contributed by atoms with van der Waals surface area (Å²) < 4.78 is 4.93. The molecule has 0 spiro atoms. The molecule has 0 radical (unpaired) electrons. The number of likely N-dealkylation sites (N-methyl/N-ethyl adjacent to an activating group) is 1. The number of rotatable bonds is 7. The first-order valence-corrected chi connectivity index (χ1v) is 10.0. The number of nitrogens with one attached hydrogen (secondary N) is 1. The van der Waals surface area contributed by atoms with Crippen molar-refractivity contribution in [3.8, 4) is 0 Å². The first-order chi connectivity index (χ1) is 13.5. The van der Waals surface area contributed by atoms with Crippen molar-refractivity contribution < 1.29 is 14.3 Å². The summed E-state index contributed by atoms with van der Waals surface area (Å²) in [5.41, 5.74) is 2.29. The summed E-state index contributed by atoms with van der Waals surface area (Å²) in [5.74, 6) is 1.11. The minimum absolute atomic E-state index is 0.188. The maximum atomic E-state index is 11.7. The second kappa shape index (κ2) is 9.53. The Kier molecular flexibility index (Phi) is 6.85. The van der Waals surface area contributed by atoms with E-state index in [1.54, 1.807) is 0 Å². The highest BCUT2D eigenvalue weighted by molar-refractivity contribution is 5.81. The van der Waals surface area contributed by atoms with E-state index in [9.17, 15) is 9.59 Å². The Morgan fingerprint density at radius 1 is 1.21 bits per heavy atom. The van der Waals surface area contributed by atoms with Crippen LogP contribution in [0.4, 0.5) is 5.82 Å². The van der Waals surface area contributed by atoms with E-state index in [0.717, 1.165) is 50.1 Å². The Bertz CT molecular complexity index is 829. The molecule has 6 heteroatoms. The molecule has 150 valence electrons. The van der Waals surface area contributed by atoms with Crippen LogP contribution in [0.5, 0.6) is 0 Å². The van der Waals surface area contributed by atoms with E-state index in [1.807, 2.05) is 0 Å². The highest BCUT2D eigenvalue weighted by atomic mass is 16.5. The number of benzene rings is 1. The van der Waals surface area contributed by atoms with Gasteiger partial charge in [-0.3, -0.25) is 9.59 Å². The van der Waals surface area contributed by atoms with Crippen molar-refractivity contribution in [2.24, 2.45) is 5.92 Å². The summed E-state index contributed by atoms with van der Waals surface area (Å²) in [5, 5.41) is 3.61. The number of carbonyl (C=O) groups excluding carboxylic acids is 2. The zero-order valence-corrected chi connectivity index (χ0v) is 16.7. The molecule has 6 nitrogen and oxygen atoms in total. The number of hydrogen-bond donors (Lipinski definition) is 1. The fourth-order valence-corrected chi connectivity index (χ4v) is 3.69. The van der Waals surface area contributed by atoms with Gasteiger partial charge in [-0.1, -0.05) is 11.6 Å². The van der Waals surface area contributed by atoms with Crippen molar-refractivity contribution in [2.75, 3.05) is 31.6 Å². The molecule has 1 aliphatic heterocycles. The molecule has 0 saturated carbocycles. The Morgan fingerprint density at radius 3 is 2.75 bits per heavy atom. The standard InChI is InChI=1S/C22H29N3O3/c1-16-6-8-19-18(14-16)7-9-20(24-19)25-12-10-17(11-13-25)4-3-5-22(27)28-15-21(26)23-2/h6-9,14,17H,3-5,10-13,15H2,1-2H3,(H,23,26). The topological polar surface area (TPSA) is 71.5 Å². The van der Waals surface area contributed by atoms with Crippen LogP contribution in [0, 0.1) is 12.8 Å². The smallest absolute Gasteiger partial charge is 0.306 e. The van der Waals surface area contributed by atoms with E-state index in [2.05, 4.69) is 47.5 Å². The Balaban J connectivity index is 1.41. The average Bonchev–Trinajstić information content (AvgIpc) is 2.72. The Morgan fingerprint density at radius 2 is 2.00 bits per heavy atom. The number of carbonyl (C=O) groups is 2. The van der Waals surface area contributed by atoms with Crippen molar-refractivity contribution in [1.82, 2.24) is 10.3 Å². The number of ether oxygens (including phenoxy) is 1. The third kappa shape index (κ3) is 5.44. The summed E-state index contributed by atoms with van der Waals surface area (Å²) in [6, 6.07) is 10.6. The lowest BCUT2D eigenvalue weighted by atomic mass is 9.91. The van der Waals surface area contributed by atoms with Crippen molar-refractivity contribution in [3.05, 3.63) is 35.9 Å². The fraction of sp³-hybridized carbons (Fsp3) is 0.500. The third-order valence-electron chi connectivity index (χ3n) is 5.40. The molecule has 0 bridgehead atoms.